The van der Waals surface area contributed by atoms with E-state index in [9.17, 15) is 0 Å². The molecule has 1 N–H and O–H groups in total. The van der Waals surface area contributed by atoms with E-state index in [-0.39, 0.29) is 0 Å². The molecule has 1 heterocycles. The zero-order valence-electron chi connectivity index (χ0n) is 10.9. The molecule has 2 fully saturated rings. The Hall–Kier alpha value is -1.05. The average Bonchev–Trinajstić information content (AvgIpc) is 3.17. The maximum atomic E-state index is 8.85. The van der Waals surface area contributed by atoms with E-state index >= 15 is 0 Å². The second-order valence-corrected chi connectivity index (χ2v) is 6.42. The lowest BCUT2D eigenvalue weighted by Gasteiger charge is -2.16. The molecule has 1 unspecified atom stereocenters. The molecule has 3 nitrogen and oxygen atoms in total. The predicted octanol–water partition coefficient (Wildman–Crippen LogP) is 3.22. The minimum atomic E-state index is 0.693. The predicted molar refractivity (Wildman–Crippen MR) is 80.0 cm³/mol. The van der Waals surface area contributed by atoms with Crippen molar-refractivity contribution in [1.82, 2.24) is 4.90 Å². The number of nitrogens with zero attached hydrogens (tertiary/aromatic N) is 2. The molecule has 1 aromatic rings. The molecular weight excluding hydrogens is 302 g/mol. The molecule has 0 radical (unpaired) electrons. The number of halogens is 1. The highest BCUT2D eigenvalue weighted by Gasteiger charge is 2.34. The lowest BCUT2D eigenvalue weighted by atomic mass is 10.1. The lowest BCUT2D eigenvalue weighted by Crippen LogP contribution is -2.24. The van der Waals surface area contributed by atoms with Crippen molar-refractivity contribution in [1.29, 1.82) is 5.26 Å². The van der Waals surface area contributed by atoms with Crippen molar-refractivity contribution >= 4 is 21.6 Å². The van der Waals surface area contributed by atoms with Crippen LogP contribution in [0.1, 0.15) is 24.8 Å². The molecule has 1 aromatic carbocycles. The number of likely N-dealkylation sites (tertiary alicyclic amines) is 1. The van der Waals surface area contributed by atoms with Gasteiger partial charge < -0.3 is 10.2 Å². The highest BCUT2D eigenvalue weighted by molar-refractivity contribution is 9.10. The normalized spacial score (nSPS) is 23.3. The number of nitrogens with one attached hydrogen (secondary N) is 1. The first-order chi connectivity index (χ1) is 9.26. The van der Waals surface area contributed by atoms with E-state index in [2.05, 4.69) is 32.2 Å². The first-order valence-electron chi connectivity index (χ1n) is 6.94. The molecule has 4 heteroatoms. The van der Waals surface area contributed by atoms with E-state index in [1.807, 2.05) is 18.2 Å². The van der Waals surface area contributed by atoms with Crippen molar-refractivity contribution in [3.8, 4) is 6.07 Å². The second kappa shape index (κ2) is 5.52. The van der Waals surface area contributed by atoms with Gasteiger partial charge in [0.1, 0.15) is 0 Å². The van der Waals surface area contributed by atoms with Gasteiger partial charge in [0.25, 0.3) is 0 Å². The summed E-state index contributed by atoms with van der Waals surface area (Å²) in [5.41, 5.74) is 1.78. The Morgan fingerprint density at radius 3 is 2.89 bits per heavy atom. The molecule has 3 rings (SSSR count). The summed E-state index contributed by atoms with van der Waals surface area (Å²) in [6.07, 6.45) is 4.11. The summed E-state index contributed by atoms with van der Waals surface area (Å²) >= 11 is 3.52. The van der Waals surface area contributed by atoms with Crippen LogP contribution in [-0.4, -0.2) is 30.6 Å². The fraction of sp³-hybridized carbons (Fsp3) is 0.533. The molecule has 0 amide bonds. The molecule has 1 saturated carbocycles. The Balaban J connectivity index is 1.53. The summed E-state index contributed by atoms with van der Waals surface area (Å²) in [6.45, 7) is 3.53. The van der Waals surface area contributed by atoms with Crippen molar-refractivity contribution < 1.29 is 0 Å². The monoisotopic (exact) mass is 319 g/mol. The summed E-state index contributed by atoms with van der Waals surface area (Å²) in [6, 6.07) is 8.76. The van der Waals surface area contributed by atoms with Crippen LogP contribution in [0.3, 0.4) is 0 Å². The van der Waals surface area contributed by atoms with Gasteiger partial charge in [-0.15, -0.1) is 0 Å². The van der Waals surface area contributed by atoms with Gasteiger partial charge in [-0.2, -0.15) is 5.26 Å². The van der Waals surface area contributed by atoms with Crippen molar-refractivity contribution in [3.05, 3.63) is 28.2 Å². The summed E-state index contributed by atoms with van der Waals surface area (Å²) < 4.78 is 0.976. The summed E-state index contributed by atoms with van der Waals surface area (Å²) in [5, 5.41) is 12.3. The van der Waals surface area contributed by atoms with Gasteiger partial charge in [0, 0.05) is 29.3 Å². The van der Waals surface area contributed by atoms with Crippen molar-refractivity contribution in [3.63, 3.8) is 0 Å². The van der Waals surface area contributed by atoms with E-state index < -0.39 is 0 Å². The third-order valence-corrected chi connectivity index (χ3v) is 4.72. The number of hydrogen-bond acceptors (Lipinski definition) is 3. The minimum Gasteiger partial charge on any atom is -0.384 e. The van der Waals surface area contributed by atoms with Crippen LogP contribution in [0.2, 0.25) is 0 Å². The van der Waals surface area contributed by atoms with Crippen molar-refractivity contribution in [2.75, 3.05) is 25.0 Å². The van der Waals surface area contributed by atoms with Gasteiger partial charge in [-0.25, -0.2) is 0 Å². The third-order valence-electron chi connectivity index (χ3n) is 4.06. The smallest absolute Gasteiger partial charge is 0.0992 e. The zero-order chi connectivity index (χ0) is 13.2. The average molecular weight is 320 g/mol. The molecule has 2 aliphatic rings. The Labute approximate surface area is 122 Å². The van der Waals surface area contributed by atoms with Gasteiger partial charge >= 0.3 is 0 Å². The highest BCUT2D eigenvalue weighted by atomic mass is 79.9. The fourth-order valence-corrected chi connectivity index (χ4v) is 3.30. The maximum Gasteiger partial charge on any atom is 0.0992 e. The van der Waals surface area contributed by atoms with Crippen molar-refractivity contribution in [2.45, 2.75) is 25.3 Å². The Bertz CT molecular complexity index is 505. The van der Waals surface area contributed by atoms with E-state index in [4.69, 9.17) is 5.26 Å². The van der Waals surface area contributed by atoms with Gasteiger partial charge in [0.05, 0.1) is 11.6 Å². The van der Waals surface area contributed by atoms with Gasteiger partial charge in [0.15, 0.2) is 0 Å². The topological polar surface area (TPSA) is 39.1 Å². The molecule has 1 atom stereocenters. The molecule has 1 aliphatic carbocycles. The van der Waals surface area contributed by atoms with Crippen LogP contribution in [0.25, 0.3) is 0 Å². The van der Waals surface area contributed by atoms with Crippen LogP contribution >= 0.6 is 15.9 Å². The van der Waals surface area contributed by atoms with Crippen molar-refractivity contribution in [2.24, 2.45) is 5.92 Å². The second-order valence-electron chi connectivity index (χ2n) is 5.57. The fourth-order valence-electron chi connectivity index (χ4n) is 2.78. The molecule has 1 aliphatic heterocycles. The standard InChI is InChI=1S/C15H18BrN3/c16-14-7-11(8-17)1-4-15(14)18-9-12-5-6-19(10-12)13-2-3-13/h1,4,7,12-13,18H,2-3,5-6,9-10H2. The SMILES string of the molecule is N#Cc1ccc(NCC2CCN(C3CC3)C2)c(Br)c1. The molecule has 0 spiro atoms. The minimum absolute atomic E-state index is 0.693. The number of nitriles is 1. The number of hydrogen-bond donors (Lipinski definition) is 1. The third kappa shape index (κ3) is 3.10. The van der Waals surface area contributed by atoms with Crippen LogP contribution in [0, 0.1) is 17.2 Å². The highest BCUT2D eigenvalue weighted by Crippen LogP contribution is 2.32. The Morgan fingerprint density at radius 2 is 2.21 bits per heavy atom. The zero-order valence-corrected chi connectivity index (χ0v) is 12.5. The Kier molecular flexibility index (Phi) is 3.76. The van der Waals surface area contributed by atoms with Crippen LogP contribution in [0.15, 0.2) is 22.7 Å². The number of rotatable bonds is 4. The quantitative estimate of drug-likeness (QED) is 0.926. The number of benzene rings is 1. The van der Waals surface area contributed by atoms with E-state index in [1.165, 1.54) is 32.4 Å². The molecule has 1 saturated heterocycles. The van der Waals surface area contributed by atoms with Crippen LogP contribution in [0.4, 0.5) is 5.69 Å². The number of anilines is 1. The van der Waals surface area contributed by atoms with Crippen LogP contribution < -0.4 is 5.32 Å². The van der Waals surface area contributed by atoms with Crippen LogP contribution in [0.5, 0.6) is 0 Å². The molecule has 100 valence electrons. The molecular formula is C15H18BrN3. The van der Waals surface area contributed by atoms with Gasteiger partial charge in [-0.05, 0) is 65.9 Å². The molecule has 19 heavy (non-hydrogen) atoms. The summed E-state index contributed by atoms with van der Waals surface area (Å²) in [4.78, 5) is 2.64. The molecule has 0 bridgehead atoms. The van der Waals surface area contributed by atoms with E-state index in [0.717, 1.165) is 28.7 Å². The summed E-state index contributed by atoms with van der Waals surface area (Å²) in [5.74, 6) is 0.753. The lowest BCUT2D eigenvalue weighted by molar-refractivity contribution is 0.316. The summed E-state index contributed by atoms with van der Waals surface area (Å²) in [7, 11) is 0. The van der Waals surface area contributed by atoms with Gasteiger partial charge in [-0.3, -0.25) is 0 Å². The Morgan fingerprint density at radius 1 is 1.37 bits per heavy atom. The largest absolute Gasteiger partial charge is 0.384 e. The van der Waals surface area contributed by atoms with E-state index in [0.29, 0.717) is 5.56 Å². The van der Waals surface area contributed by atoms with Crippen LogP contribution in [-0.2, 0) is 0 Å². The first-order valence-corrected chi connectivity index (χ1v) is 7.73. The first kappa shape index (κ1) is 13.0. The van der Waals surface area contributed by atoms with Gasteiger partial charge in [0.2, 0.25) is 0 Å². The van der Waals surface area contributed by atoms with Gasteiger partial charge in [-0.1, -0.05) is 0 Å². The maximum absolute atomic E-state index is 8.85. The molecule has 0 aromatic heterocycles. The van der Waals surface area contributed by atoms with E-state index in [1.54, 1.807) is 0 Å².